The van der Waals surface area contributed by atoms with Gasteiger partial charge in [0.25, 0.3) is 0 Å². The minimum atomic E-state index is 0.0797. The molecule has 0 radical (unpaired) electrons. The number of rotatable bonds is 3. The number of Topliss-reactive ketones (excluding diaryl/α,β-unsaturated/α-hetero) is 1. The van der Waals surface area contributed by atoms with E-state index in [2.05, 4.69) is 14.9 Å². The molecule has 0 saturated carbocycles. The zero-order valence-electron chi connectivity index (χ0n) is 9.17. The highest BCUT2D eigenvalue weighted by Gasteiger charge is 2.18. The van der Waals surface area contributed by atoms with Gasteiger partial charge in [-0.25, -0.2) is 9.97 Å². The van der Waals surface area contributed by atoms with Gasteiger partial charge in [-0.1, -0.05) is 0 Å². The first-order chi connectivity index (χ1) is 7.75. The van der Waals surface area contributed by atoms with Crippen LogP contribution < -0.4 is 5.73 Å². The van der Waals surface area contributed by atoms with Crippen LogP contribution in [0.1, 0.15) is 23.2 Å². The lowest BCUT2D eigenvalue weighted by Crippen LogP contribution is -2.41. The summed E-state index contributed by atoms with van der Waals surface area (Å²) in [6, 6.07) is 0.298. The van der Waals surface area contributed by atoms with Gasteiger partial charge in [0, 0.05) is 31.5 Å². The predicted octanol–water partition coefficient (Wildman–Crippen LogP) is 0.0824. The third-order valence-corrected chi connectivity index (χ3v) is 2.88. The summed E-state index contributed by atoms with van der Waals surface area (Å²) < 4.78 is 0. The molecule has 0 bridgehead atoms. The number of piperidine rings is 1. The molecule has 2 heterocycles. The second kappa shape index (κ2) is 5.14. The van der Waals surface area contributed by atoms with Crippen molar-refractivity contribution in [2.75, 3.05) is 19.6 Å². The van der Waals surface area contributed by atoms with Crippen LogP contribution in [0.5, 0.6) is 0 Å². The van der Waals surface area contributed by atoms with Crippen molar-refractivity contribution in [1.29, 1.82) is 0 Å². The molecule has 0 unspecified atom stereocenters. The lowest BCUT2D eigenvalue weighted by atomic mass is 10.1. The van der Waals surface area contributed by atoms with Crippen molar-refractivity contribution >= 4 is 5.78 Å². The molecule has 1 fully saturated rings. The molecule has 1 saturated heterocycles. The smallest absolute Gasteiger partial charge is 0.179 e. The molecule has 5 nitrogen and oxygen atoms in total. The molecule has 16 heavy (non-hydrogen) atoms. The maximum atomic E-state index is 11.8. The molecule has 0 spiro atoms. The monoisotopic (exact) mass is 220 g/mol. The number of aromatic nitrogens is 2. The standard InChI is InChI=1S/C11H16N4O/c12-10-1-3-15(4-2-10)7-11(16)9-5-13-8-14-6-9/h5-6,8,10H,1-4,7,12H2. The van der Waals surface area contributed by atoms with Crippen molar-refractivity contribution in [2.24, 2.45) is 5.73 Å². The fraction of sp³-hybridized carbons (Fsp3) is 0.545. The summed E-state index contributed by atoms with van der Waals surface area (Å²) in [5.41, 5.74) is 6.39. The van der Waals surface area contributed by atoms with Crippen molar-refractivity contribution < 1.29 is 4.79 Å². The maximum Gasteiger partial charge on any atom is 0.179 e. The molecule has 2 rings (SSSR count). The Bertz CT molecular complexity index is 346. The van der Waals surface area contributed by atoms with Crippen LogP contribution in [0.15, 0.2) is 18.7 Å². The molecule has 5 heteroatoms. The summed E-state index contributed by atoms with van der Waals surface area (Å²) in [5, 5.41) is 0. The zero-order valence-corrected chi connectivity index (χ0v) is 9.17. The lowest BCUT2D eigenvalue weighted by molar-refractivity contribution is 0.0909. The molecule has 1 aliphatic rings. The van der Waals surface area contributed by atoms with Gasteiger partial charge >= 0.3 is 0 Å². The molecule has 86 valence electrons. The Labute approximate surface area is 94.7 Å². The van der Waals surface area contributed by atoms with Crippen LogP contribution in [0.4, 0.5) is 0 Å². The lowest BCUT2D eigenvalue weighted by Gasteiger charge is -2.29. The normalized spacial score (nSPS) is 18.6. The predicted molar refractivity (Wildman–Crippen MR) is 60.0 cm³/mol. The fourth-order valence-corrected chi connectivity index (χ4v) is 1.85. The van der Waals surface area contributed by atoms with E-state index in [1.165, 1.54) is 6.33 Å². The summed E-state index contributed by atoms with van der Waals surface area (Å²) in [5.74, 6) is 0.0797. The first kappa shape index (κ1) is 11.2. The second-order valence-corrected chi connectivity index (χ2v) is 4.16. The highest BCUT2D eigenvalue weighted by molar-refractivity contribution is 5.97. The number of carbonyl (C=O) groups excluding carboxylic acids is 1. The van der Waals surface area contributed by atoms with Crippen LogP contribution in [-0.4, -0.2) is 46.3 Å². The van der Waals surface area contributed by atoms with Crippen LogP contribution in [0.25, 0.3) is 0 Å². The van der Waals surface area contributed by atoms with Gasteiger partial charge in [0.15, 0.2) is 5.78 Å². The second-order valence-electron chi connectivity index (χ2n) is 4.16. The van der Waals surface area contributed by atoms with Gasteiger partial charge in [0.2, 0.25) is 0 Å². The third-order valence-electron chi connectivity index (χ3n) is 2.88. The number of nitrogens with two attached hydrogens (primary N) is 1. The van der Waals surface area contributed by atoms with E-state index < -0.39 is 0 Å². The molecular weight excluding hydrogens is 204 g/mol. The highest BCUT2D eigenvalue weighted by atomic mass is 16.1. The average Bonchev–Trinajstić information content (AvgIpc) is 2.33. The van der Waals surface area contributed by atoms with E-state index in [1.807, 2.05) is 0 Å². The number of nitrogens with zero attached hydrogens (tertiary/aromatic N) is 3. The Balaban J connectivity index is 1.88. The van der Waals surface area contributed by atoms with E-state index >= 15 is 0 Å². The quantitative estimate of drug-likeness (QED) is 0.730. The molecule has 2 N–H and O–H groups in total. The van der Waals surface area contributed by atoms with E-state index in [0.29, 0.717) is 18.2 Å². The highest BCUT2D eigenvalue weighted by Crippen LogP contribution is 2.09. The van der Waals surface area contributed by atoms with E-state index in [9.17, 15) is 4.79 Å². The Hall–Kier alpha value is -1.33. The minimum absolute atomic E-state index is 0.0797. The number of hydrogen-bond donors (Lipinski definition) is 1. The van der Waals surface area contributed by atoms with Crippen LogP contribution in [0.3, 0.4) is 0 Å². The zero-order chi connectivity index (χ0) is 11.4. The summed E-state index contributed by atoms with van der Waals surface area (Å²) >= 11 is 0. The molecule has 1 aliphatic heterocycles. The largest absolute Gasteiger partial charge is 0.328 e. The summed E-state index contributed by atoms with van der Waals surface area (Å²) in [7, 11) is 0. The van der Waals surface area contributed by atoms with E-state index in [-0.39, 0.29) is 5.78 Å². The SMILES string of the molecule is NC1CCN(CC(=O)c2cncnc2)CC1. The molecular formula is C11H16N4O. The fourth-order valence-electron chi connectivity index (χ4n) is 1.85. The van der Waals surface area contributed by atoms with Gasteiger partial charge in [-0.15, -0.1) is 0 Å². The van der Waals surface area contributed by atoms with Crippen molar-refractivity contribution in [3.63, 3.8) is 0 Å². The van der Waals surface area contributed by atoms with Gasteiger partial charge in [0.05, 0.1) is 12.1 Å². The topological polar surface area (TPSA) is 72.1 Å². The maximum absolute atomic E-state index is 11.8. The summed E-state index contributed by atoms with van der Waals surface area (Å²) in [6.07, 6.45) is 6.49. The number of carbonyl (C=O) groups is 1. The van der Waals surface area contributed by atoms with Crippen LogP contribution in [-0.2, 0) is 0 Å². The van der Waals surface area contributed by atoms with Crippen LogP contribution >= 0.6 is 0 Å². The van der Waals surface area contributed by atoms with Gasteiger partial charge < -0.3 is 5.73 Å². The minimum Gasteiger partial charge on any atom is -0.328 e. The van der Waals surface area contributed by atoms with Crippen LogP contribution in [0, 0.1) is 0 Å². The summed E-state index contributed by atoms with van der Waals surface area (Å²) in [6.45, 7) is 2.25. The summed E-state index contributed by atoms with van der Waals surface area (Å²) in [4.78, 5) is 21.7. The number of ketones is 1. The third kappa shape index (κ3) is 2.84. The van der Waals surface area contributed by atoms with Crippen LogP contribution in [0.2, 0.25) is 0 Å². The number of hydrogen-bond acceptors (Lipinski definition) is 5. The van der Waals surface area contributed by atoms with Gasteiger partial charge in [-0.05, 0) is 12.8 Å². The molecule has 1 aromatic rings. The van der Waals surface area contributed by atoms with E-state index in [4.69, 9.17) is 5.73 Å². The van der Waals surface area contributed by atoms with Crippen molar-refractivity contribution in [1.82, 2.24) is 14.9 Å². The van der Waals surface area contributed by atoms with Crippen molar-refractivity contribution in [2.45, 2.75) is 18.9 Å². The van der Waals surface area contributed by atoms with Crippen molar-refractivity contribution in [3.05, 3.63) is 24.3 Å². The molecule has 0 aromatic carbocycles. The Morgan fingerprint density at radius 1 is 1.38 bits per heavy atom. The molecule has 1 aromatic heterocycles. The molecule has 0 amide bonds. The number of likely N-dealkylation sites (tertiary alicyclic amines) is 1. The first-order valence-electron chi connectivity index (χ1n) is 5.52. The van der Waals surface area contributed by atoms with Gasteiger partial charge in [-0.3, -0.25) is 9.69 Å². The average molecular weight is 220 g/mol. The Morgan fingerprint density at radius 3 is 2.62 bits per heavy atom. The molecule has 0 aliphatic carbocycles. The van der Waals surface area contributed by atoms with Gasteiger partial charge in [-0.2, -0.15) is 0 Å². The van der Waals surface area contributed by atoms with Crippen molar-refractivity contribution in [3.8, 4) is 0 Å². The Kier molecular flexibility index (Phi) is 3.58. The van der Waals surface area contributed by atoms with Gasteiger partial charge in [0.1, 0.15) is 6.33 Å². The Morgan fingerprint density at radius 2 is 2.00 bits per heavy atom. The van der Waals surface area contributed by atoms with E-state index in [0.717, 1.165) is 25.9 Å². The van der Waals surface area contributed by atoms with E-state index in [1.54, 1.807) is 12.4 Å². The first-order valence-corrected chi connectivity index (χ1v) is 5.52. The molecule has 0 atom stereocenters.